The molecule has 0 saturated heterocycles. The minimum absolute atomic E-state index is 0.356. The molecular formula is C15H14ClF4N3O5. The van der Waals surface area contributed by atoms with E-state index in [1.807, 2.05) is 0 Å². The van der Waals surface area contributed by atoms with Crippen molar-refractivity contribution < 1.29 is 42.1 Å². The zero-order valence-corrected chi connectivity index (χ0v) is 15.0. The number of aliphatic hydroxyl groups excluding tert-OH is 2. The molecule has 1 aromatic rings. The Balaban J connectivity index is 2.50. The fourth-order valence-corrected chi connectivity index (χ4v) is 2.70. The van der Waals surface area contributed by atoms with Crippen LogP contribution in [0.15, 0.2) is 23.9 Å². The molecule has 1 heterocycles. The number of ether oxygens (including phenoxy) is 1. The Bertz CT molecular complexity index is 833. The van der Waals surface area contributed by atoms with Crippen LogP contribution in [0, 0.1) is 5.82 Å². The van der Waals surface area contributed by atoms with Crippen molar-refractivity contribution in [3.8, 4) is 0 Å². The topological polar surface area (TPSA) is 102 Å². The summed E-state index contributed by atoms with van der Waals surface area (Å²) in [7, 11) is 1.86. The molecule has 13 heteroatoms. The number of benzene rings is 1. The zero-order chi connectivity index (χ0) is 21.4. The number of nitrogens with one attached hydrogen (secondary N) is 1. The van der Waals surface area contributed by atoms with Crippen molar-refractivity contribution in [2.75, 3.05) is 19.1 Å². The molecule has 0 bridgehead atoms. The standard InChI is InChI=1S/C15H14ClF4N3O5/c1-22-10(15(18,19)20)5-11(24)23(14(22)27)9-3-6(7(16)4-8(9)17)12(25)21-13(26)28-2/h3-5,11,14,24,27H,1-2H3,(H,21,25,26). The van der Waals surface area contributed by atoms with E-state index in [4.69, 9.17) is 11.6 Å². The van der Waals surface area contributed by atoms with Gasteiger partial charge in [-0.3, -0.25) is 15.0 Å². The number of allylic oxidation sites excluding steroid dienone is 1. The summed E-state index contributed by atoms with van der Waals surface area (Å²) in [5.41, 5.74) is -2.43. The second kappa shape index (κ2) is 7.81. The van der Waals surface area contributed by atoms with Crippen LogP contribution in [0.25, 0.3) is 0 Å². The minimum atomic E-state index is -4.88. The van der Waals surface area contributed by atoms with E-state index < -0.39 is 58.5 Å². The molecule has 2 rings (SSSR count). The molecule has 0 fully saturated rings. The number of alkyl halides is 3. The molecule has 1 aliphatic heterocycles. The van der Waals surface area contributed by atoms with E-state index in [2.05, 4.69) is 4.74 Å². The first-order valence-electron chi connectivity index (χ1n) is 7.43. The third kappa shape index (κ3) is 4.13. The van der Waals surface area contributed by atoms with Gasteiger partial charge < -0.3 is 19.8 Å². The Hall–Kier alpha value is -2.57. The SMILES string of the molecule is COC(=O)NC(=O)c1cc(N2C(O)C=C(C(F)(F)F)N(C)C2O)c(F)cc1Cl. The number of aliphatic hydroxyl groups is 2. The summed E-state index contributed by atoms with van der Waals surface area (Å²) in [6.45, 7) is 0. The van der Waals surface area contributed by atoms with E-state index in [9.17, 15) is 37.4 Å². The highest BCUT2D eigenvalue weighted by molar-refractivity contribution is 6.34. The van der Waals surface area contributed by atoms with Gasteiger partial charge >= 0.3 is 12.3 Å². The average molecular weight is 428 g/mol. The van der Waals surface area contributed by atoms with Gasteiger partial charge in [0.05, 0.1) is 23.4 Å². The zero-order valence-electron chi connectivity index (χ0n) is 14.3. The van der Waals surface area contributed by atoms with E-state index >= 15 is 0 Å². The normalized spacial score (nSPS) is 20.0. The summed E-state index contributed by atoms with van der Waals surface area (Å²) < 4.78 is 57.6. The molecule has 1 aromatic carbocycles. The fourth-order valence-electron chi connectivity index (χ4n) is 2.47. The Morgan fingerprint density at radius 3 is 2.43 bits per heavy atom. The van der Waals surface area contributed by atoms with Gasteiger partial charge in [0.1, 0.15) is 11.5 Å². The molecular weight excluding hydrogens is 414 g/mol. The molecule has 0 saturated carbocycles. The van der Waals surface area contributed by atoms with Crippen LogP contribution in [0.3, 0.4) is 0 Å². The highest BCUT2D eigenvalue weighted by Crippen LogP contribution is 2.37. The first-order chi connectivity index (χ1) is 12.9. The van der Waals surface area contributed by atoms with E-state index in [-0.39, 0.29) is 0 Å². The van der Waals surface area contributed by atoms with Gasteiger partial charge in [-0.05, 0) is 18.2 Å². The third-order valence-corrected chi connectivity index (χ3v) is 4.13. The number of carbonyl (C=O) groups excluding carboxylic acids is 2. The van der Waals surface area contributed by atoms with Crippen molar-refractivity contribution in [1.29, 1.82) is 0 Å². The Kier molecular flexibility index (Phi) is 6.06. The number of imide groups is 1. The molecule has 8 nitrogen and oxygen atoms in total. The quantitative estimate of drug-likeness (QED) is 0.618. The molecule has 0 spiro atoms. The number of hydrogen-bond donors (Lipinski definition) is 3. The van der Waals surface area contributed by atoms with E-state index in [1.165, 1.54) is 0 Å². The molecule has 1 aliphatic rings. The summed E-state index contributed by atoms with van der Waals surface area (Å²) >= 11 is 5.78. The number of halogens is 5. The van der Waals surface area contributed by atoms with Gasteiger partial charge in [-0.15, -0.1) is 0 Å². The maximum atomic E-state index is 14.4. The second-order valence-corrected chi connectivity index (χ2v) is 5.96. The van der Waals surface area contributed by atoms with Gasteiger partial charge in [0, 0.05) is 7.05 Å². The van der Waals surface area contributed by atoms with Crippen molar-refractivity contribution >= 4 is 29.3 Å². The number of hydrogen-bond acceptors (Lipinski definition) is 7. The predicted molar refractivity (Wildman–Crippen MR) is 87.7 cm³/mol. The molecule has 2 atom stereocenters. The number of rotatable bonds is 2. The molecule has 0 aliphatic carbocycles. The third-order valence-electron chi connectivity index (χ3n) is 3.82. The Labute approximate surface area is 160 Å². The molecule has 154 valence electrons. The van der Waals surface area contributed by atoms with Crippen molar-refractivity contribution in [1.82, 2.24) is 10.2 Å². The first-order valence-corrected chi connectivity index (χ1v) is 7.81. The first kappa shape index (κ1) is 21.7. The summed E-state index contributed by atoms with van der Waals surface area (Å²) in [6.07, 6.45) is -9.89. The smallest absolute Gasteiger partial charge is 0.431 e. The lowest BCUT2D eigenvalue weighted by atomic mass is 10.1. The molecule has 0 radical (unpaired) electrons. The monoisotopic (exact) mass is 427 g/mol. The molecule has 3 N–H and O–H groups in total. The van der Waals surface area contributed by atoms with Crippen LogP contribution in [0.4, 0.5) is 28.0 Å². The van der Waals surface area contributed by atoms with Crippen molar-refractivity contribution in [3.63, 3.8) is 0 Å². The van der Waals surface area contributed by atoms with E-state index in [1.54, 1.807) is 5.32 Å². The molecule has 0 aromatic heterocycles. The maximum absolute atomic E-state index is 14.4. The highest BCUT2D eigenvalue weighted by Gasteiger charge is 2.45. The number of nitrogens with zero attached hydrogens (tertiary/aromatic N) is 2. The van der Waals surface area contributed by atoms with Crippen LogP contribution in [-0.2, 0) is 4.74 Å². The lowest BCUT2D eigenvalue weighted by molar-refractivity contribution is -0.133. The van der Waals surface area contributed by atoms with Gasteiger partial charge in [0.15, 0.2) is 6.23 Å². The summed E-state index contributed by atoms with van der Waals surface area (Å²) in [5.74, 6) is -2.24. The fraction of sp³-hybridized carbons (Fsp3) is 0.333. The summed E-state index contributed by atoms with van der Waals surface area (Å²) in [6, 6.07) is 1.41. The van der Waals surface area contributed by atoms with Crippen LogP contribution in [-0.4, -0.2) is 60.0 Å². The number of alkyl carbamates (subject to hydrolysis) is 1. The van der Waals surface area contributed by atoms with Crippen LogP contribution < -0.4 is 10.2 Å². The van der Waals surface area contributed by atoms with Gasteiger partial charge in [-0.25, -0.2) is 9.18 Å². The number of anilines is 1. The van der Waals surface area contributed by atoms with Crippen LogP contribution >= 0.6 is 11.6 Å². The number of methoxy groups -OCH3 is 1. The van der Waals surface area contributed by atoms with Gasteiger partial charge in [0.25, 0.3) is 5.91 Å². The average Bonchev–Trinajstić information content (AvgIpc) is 2.58. The summed E-state index contributed by atoms with van der Waals surface area (Å²) in [4.78, 5) is 24.1. The summed E-state index contributed by atoms with van der Waals surface area (Å²) in [5, 5.41) is 21.6. The highest BCUT2D eigenvalue weighted by atomic mass is 35.5. The van der Waals surface area contributed by atoms with Crippen molar-refractivity contribution in [2.24, 2.45) is 0 Å². The van der Waals surface area contributed by atoms with Crippen LogP contribution in [0.5, 0.6) is 0 Å². The Morgan fingerprint density at radius 1 is 1.29 bits per heavy atom. The number of amides is 2. The van der Waals surface area contributed by atoms with Gasteiger partial charge in [-0.2, -0.15) is 13.2 Å². The van der Waals surface area contributed by atoms with Crippen LogP contribution in [0.1, 0.15) is 10.4 Å². The van der Waals surface area contributed by atoms with Gasteiger partial charge in [0.2, 0.25) is 6.35 Å². The second-order valence-electron chi connectivity index (χ2n) is 5.56. The number of carbonyl (C=O) groups is 2. The molecule has 28 heavy (non-hydrogen) atoms. The largest absolute Gasteiger partial charge is 0.453 e. The Morgan fingerprint density at radius 2 is 1.89 bits per heavy atom. The minimum Gasteiger partial charge on any atom is -0.453 e. The van der Waals surface area contributed by atoms with E-state index in [0.717, 1.165) is 20.2 Å². The molecule has 2 amide bonds. The maximum Gasteiger partial charge on any atom is 0.431 e. The van der Waals surface area contributed by atoms with Crippen molar-refractivity contribution in [2.45, 2.75) is 18.8 Å². The molecule has 2 unspecified atom stereocenters. The predicted octanol–water partition coefficient (Wildman–Crippen LogP) is 1.77. The lowest BCUT2D eigenvalue weighted by Crippen LogP contribution is -2.56. The van der Waals surface area contributed by atoms with Crippen LogP contribution in [0.2, 0.25) is 5.02 Å². The van der Waals surface area contributed by atoms with Crippen molar-refractivity contribution in [3.05, 3.63) is 40.3 Å². The van der Waals surface area contributed by atoms with E-state index in [0.29, 0.717) is 21.9 Å². The van der Waals surface area contributed by atoms with Gasteiger partial charge in [-0.1, -0.05) is 11.6 Å². The lowest BCUT2D eigenvalue weighted by Gasteiger charge is -2.43.